The molecule has 0 aliphatic carbocycles. The maximum Gasteiger partial charge on any atom is 0.258 e. The van der Waals surface area contributed by atoms with Crippen molar-refractivity contribution in [1.29, 1.82) is 0 Å². The number of carbonyl (C=O) groups excluding carboxylic acids is 1. The summed E-state index contributed by atoms with van der Waals surface area (Å²) in [6, 6.07) is 4.78. The Labute approximate surface area is 120 Å². The molecule has 0 aliphatic heterocycles. The lowest BCUT2D eigenvalue weighted by atomic mass is 10.1. The van der Waals surface area contributed by atoms with E-state index in [0.29, 0.717) is 12.3 Å². The molecule has 0 aliphatic rings. The predicted molar refractivity (Wildman–Crippen MR) is 79.4 cm³/mol. The highest BCUT2D eigenvalue weighted by molar-refractivity contribution is 5.99. The molecule has 0 atom stereocenters. The molecule has 112 valence electrons. The van der Waals surface area contributed by atoms with Crippen LogP contribution in [0.2, 0.25) is 0 Å². The van der Waals surface area contributed by atoms with E-state index in [0.717, 1.165) is 26.1 Å². The van der Waals surface area contributed by atoms with E-state index in [1.165, 1.54) is 13.2 Å². The number of ether oxygens (including phenoxy) is 1. The first-order valence-corrected chi connectivity index (χ1v) is 7.00. The zero-order valence-electron chi connectivity index (χ0n) is 12.5. The molecular formula is C15H24N2O3. The maximum absolute atomic E-state index is 12.1. The van der Waals surface area contributed by atoms with Crippen LogP contribution >= 0.6 is 0 Å². The molecule has 1 rings (SSSR count). The quantitative estimate of drug-likeness (QED) is 0.714. The second-order valence-corrected chi connectivity index (χ2v) is 4.49. The van der Waals surface area contributed by atoms with E-state index < -0.39 is 0 Å². The smallest absolute Gasteiger partial charge is 0.258 e. The van der Waals surface area contributed by atoms with Crippen molar-refractivity contribution >= 4 is 5.91 Å². The zero-order valence-corrected chi connectivity index (χ0v) is 12.5. The molecule has 20 heavy (non-hydrogen) atoms. The summed E-state index contributed by atoms with van der Waals surface area (Å²) in [5.74, 6) is 0.0105. The summed E-state index contributed by atoms with van der Waals surface area (Å²) in [4.78, 5) is 14.4. The molecule has 1 amide bonds. The van der Waals surface area contributed by atoms with Crippen molar-refractivity contribution in [3.63, 3.8) is 0 Å². The fraction of sp³-hybridized carbons (Fsp3) is 0.533. The normalized spacial score (nSPS) is 10.6. The Morgan fingerprint density at radius 1 is 1.35 bits per heavy atom. The van der Waals surface area contributed by atoms with E-state index in [-0.39, 0.29) is 17.2 Å². The lowest BCUT2D eigenvalue weighted by molar-refractivity contribution is 0.0946. The summed E-state index contributed by atoms with van der Waals surface area (Å²) in [6.45, 7) is 7.79. The summed E-state index contributed by atoms with van der Waals surface area (Å²) in [5.41, 5.74) is 0.192. The van der Waals surface area contributed by atoms with Gasteiger partial charge in [0.2, 0.25) is 0 Å². The number of amides is 1. The molecule has 5 heteroatoms. The number of methoxy groups -OCH3 is 1. The molecule has 0 saturated heterocycles. The van der Waals surface area contributed by atoms with Crippen LogP contribution in [0.5, 0.6) is 11.5 Å². The molecule has 0 saturated carbocycles. The van der Waals surface area contributed by atoms with Crippen LogP contribution in [-0.2, 0) is 0 Å². The lowest BCUT2D eigenvalue weighted by Crippen LogP contribution is -2.30. The topological polar surface area (TPSA) is 61.8 Å². The molecule has 0 spiro atoms. The van der Waals surface area contributed by atoms with E-state index >= 15 is 0 Å². The number of benzene rings is 1. The average Bonchev–Trinajstić information content (AvgIpc) is 2.46. The first-order valence-electron chi connectivity index (χ1n) is 7.00. The van der Waals surface area contributed by atoms with Crippen LogP contribution < -0.4 is 10.1 Å². The van der Waals surface area contributed by atoms with E-state index in [4.69, 9.17) is 4.74 Å². The average molecular weight is 280 g/mol. The fourth-order valence-electron chi connectivity index (χ4n) is 2.05. The van der Waals surface area contributed by atoms with Crippen LogP contribution in [0.25, 0.3) is 0 Å². The second kappa shape index (κ2) is 8.43. The Bertz CT molecular complexity index is 431. The minimum atomic E-state index is -0.306. The molecule has 0 fully saturated rings. The molecule has 0 unspecified atom stereocenters. The van der Waals surface area contributed by atoms with Crippen molar-refractivity contribution < 1.29 is 14.6 Å². The number of nitrogens with one attached hydrogen (secondary N) is 1. The van der Waals surface area contributed by atoms with Gasteiger partial charge in [-0.3, -0.25) is 4.79 Å². The van der Waals surface area contributed by atoms with Crippen molar-refractivity contribution in [1.82, 2.24) is 10.2 Å². The van der Waals surface area contributed by atoms with Crippen molar-refractivity contribution in [3.05, 3.63) is 23.8 Å². The van der Waals surface area contributed by atoms with Crippen LogP contribution in [0.4, 0.5) is 0 Å². The van der Waals surface area contributed by atoms with Crippen molar-refractivity contribution in [2.45, 2.75) is 20.3 Å². The molecule has 0 aromatic heterocycles. The Hall–Kier alpha value is -1.75. The molecular weight excluding hydrogens is 256 g/mol. The minimum absolute atomic E-state index is 0.0643. The van der Waals surface area contributed by atoms with Crippen molar-refractivity contribution in [2.75, 3.05) is 33.3 Å². The summed E-state index contributed by atoms with van der Waals surface area (Å²) in [5, 5.41) is 12.6. The summed E-state index contributed by atoms with van der Waals surface area (Å²) < 4.78 is 5.10. The highest BCUT2D eigenvalue weighted by atomic mass is 16.5. The fourth-order valence-corrected chi connectivity index (χ4v) is 2.05. The van der Waals surface area contributed by atoms with Gasteiger partial charge in [0.15, 0.2) is 0 Å². The standard InChI is InChI=1S/C15H24N2O3/c1-4-17(5-2)11-7-10-16-15(19)14-12(18)8-6-9-13(14)20-3/h6,8-9,18H,4-5,7,10-11H2,1-3H3,(H,16,19). The predicted octanol–water partition coefficient (Wildman–Crippen LogP) is 1.86. The van der Waals surface area contributed by atoms with Gasteiger partial charge >= 0.3 is 0 Å². The van der Waals surface area contributed by atoms with Gasteiger partial charge in [-0.1, -0.05) is 19.9 Å². The SMILES string of the molecule is CCN(CC)CCCNC(=O)c1c(O)cccc1OC. The van der Waals surface area contributed by atoms with E-state index in [2.05, 4.69) is 24.1 Å². The van der Waals surface area contributed by atoms with Gasteiger partial charge in [-0.2, -0.15) is 0 Å². The molecule has 5 nitrogen and oxygen atoms in total. The summed E-state index contributed by atoms with van der Waals surface area (Å²) in [7, 11) is 1.48. The summed E-state index contributed by atoms with van der Waals surface area (Å²) in [6.07, 6.45) is 0.878. The third kappa shape index (κ3) is 4.42. The first kappa shape index (κ1) is 16.3. The second-order valence-electron chi connectivity index (χ2n) is 4.49. The molecule has 0 radical (unpaired) electrons. The van der Waals surface area contributed by atoms with Crippen molar-refractivity contribution in [3.8, 4) is 11.5 Å². The van der Waals surface area contributed by atoms with E-state index in [1.807, 2.05) is 0 Å². The maximum atomic E-state index is 12.1. The highest BCUT2D eigenvalue weighted by Gasteiger charge is 2.16. The van der Waals surface area contributed by atoms with Crippen LogP contribution in [0.1, 0.15) is 30.6 Å². The minimum Gasteiger partial charge on any atom is -0.507 e. The number of phenols is 1. The van der Waals surface area contributed by atoms with Crippen LogP contribution in [0, 0.1) is 0 Å². The van der Waals surface area contributed by atoms with Gasteiger partial charge in [0, 0.05) is 6.54 Å². The number of nitrogens with zero attached hydrogens (tertiary/aromatic N) is 1. The van der Waals surface area contributed by atoms with Crippen LogP contribution in [0.3, 0.4) is 0 Å². The Balaban J connectivity index is 2.51. The molecule has 1 aromatic carbocycles. The number of aromatic hydroxyl groups is 1. The molecule has 2 N–H and O–H groups in total. The van der Waals surface area contributed by atoms with Crippen molar-refractivity contribution in [2.24, 2.45) is 0 Å². The monoisotopic (exact) mass is 280 g/mol. The molecule has 1 aromatic rings. The first-order chi connectivity index (χ1) is 9.63. The number of hydrogen-bond acceptors (Lipinski definition) is 4. The van der Waals surface area contributed by atoms with Gasteiger partial charge in [0.25, 0.3) is 5.91 Å². The van der Waals surface area contributed by atoms with Gasteiger partial charge in [0.05, 0.1) is 7.11 Å². The van der Waals surface area contributed by atoms with Gasteiger partial charge in [-0.05, 0) is 38.2 Å². The van der Waals surface area contributed by atoms with Gasteiger partial charge in [0.1, 0.15) is 17.1 Å². The summed E-state index contributed by atoms with van der Waals surface area (Å²) >= 11 is 0. The molecule has 0 bridgehead atoms. The Kier molecular flexibility index (Phi) is 6.87. The van der Waals surface area contributed by atoms with Gasteiger partial charge < -0.3 is 20.1 Å². The third-order valence-corrected chi connectivity index (χ3v) is 3.28. The van der Waals surface area contributed by atoms with Crippen LogP contribution in [-0.4, -0.2) is 49.2 Å². The number of phenolic OH excluding ortho intramolecular Hbond substituents is 1. The highest BCUT2D eigenvalue weighted by Crippen LogP contribution is 2.26. The van der Waals surface area contributed by atoms with E-state index in [1.54, 1.807) is 12.1 Å². The Morgan fingerprint density at radius 2 is 2.05 bits per heavy atom. The molecule has 0 heterocycles. The zero-order chi connectivity index (χ0) is 15.0. The van der Waals surface area contributed by atoms with Gasteiger partial charge in [-0.15, -0.1) is 0 Å². The number of rotatable bonds is 8. The largest absolute Gasteiger partial charge is 0.507 e. The lowest BCUT2D eigenvalue weighted by Gasteiger charge is -2.17. The van der Waals surface area contributed by atoms with Gasteiger partial charge in [-0.25, -0.2) is 0 Å². The van der Waals surface area contributed by atoms with Crippen LogP contribution in [0.15, 0.2) is 18.2 Å². The number of hydrogen-bond donors (Lipinski definition) is 2. The Morgan fingerprint density at radius 3 is 2.65 bits per heavy atom. The number of carbonyl (C=O) groups is 1. The third-order valence-electron chi connectivity index (χ3n) is 3.28. The van der Waals surface area contributed by atoms with E-state index in [9.17, 15) is 9.90 Å².